The topological polar surface area (TPSA) is 96.4 Å². The zero-order chi connectivity index (χ0) is 17.7. The molecule has 0 spiro atoms. The monoisotopic (exact) mass is 344 g/mol. The summed E-state index contributed by atoms with van der Waals surface area (Å²) in [7, 11) is 0. The molecule has 24 heavy (non-hydrogen) atoms. The average Bonchev–Trinajstić information content (AvgIpc) is 2.57. The number of nitrogens with zero attached hydrogens (tertiary/aromatic N) is 2. The number of nitriles is 1. The molecule has 1 N–H and O–H groups in total. The second kappa shape index (κ2) is 7.49. The van der Waals surface area contributed by atoms with Crippen LogP contribution in [0.15, 0.2) is 36.4 Å². The van der Waals surface area contributed by atoms with Crippen molar-refractivity contribution in [2.45, 2.75) is 6.92 Å². The van der Waals surface area contributed by atoms with Crippen LogP contribution in [0, 0.1) is 21.4 Å². The van der Waals surface area contributed by atoms with Gasteiger partial charge in [-0.3, -0.25) is 10.1 Å². The Balaban J connectivity index is 2.50. The van der Waals surface area contributed by atoms with Crippen molar-refractivity contribution in [2.24, 2.45) is 0 Å². The molecular formula is C17H13ClN2O4. The molecule has 0 fully saturated rings. The van der Waals surface area contributed by atoms with Gasteiger partial charge in [-0.05, 0) is 36.3 Å². The van der Waals surface area contributed by atoms with Crippen molar-refractivity contribution in [3.8, 4) is 17.6 Å². The first kappa shape index (κ1) is 17.3. The molecule has 0 saturated heterocycles. The minimum absolute atomic E-state index is 0.0866. The number of halogens is 1. The van der Waals surface area contributed by atoms with Crippen molar-refractivity contribution in [1.29, 1.82) is 5.26 Å². The Kier molecular flexibility index (Phi) is 5.40. The number of nitro benzene ring substituents is 1. The molecule has 0 unspecified atom stereocenters. The first-order valence-electron chi connectivity index (χ1n) is 6.98. The number of phenols is 1. The van der Waals surface area contributed by atoms with E-state index in [0.29, 0.717) is 17.7 Å². The van der Waals surface area contributed by atoms with E-state index in [2.05, 4.69) is 0 Å². The maximum atomic E-state index is 10.9. The highest BCUT2D eigenvalue weighted by molar-refractivity contribution is 6.32. The number of aromatic hydroxyl groups is 1. The SMILES string of the molecule is CCOc1cc(/C=C(/C#N)c2cccc([N+](=O)[O-])c2)cc(Cl)c1O. The fraction of sp³-hybridized carbons (Fsp3) is 0.118. The zero-order valence-electron chi connectivity index (χ0n) is 12.7. The van der Waals surface area contributed by atoms with E-state index in [9.17, 15) is 20.5 Å². The maximum absolute atomic E-state index is 10.9. The van der Waals surface area contributed by atoms with Gasteiger partial charge in [-0.15, -0.1) is 0 Å². The third-order valence-electron chi connectivity index (χ3n) is 3.15. The Bertz CT molecular complexity index is 856. The van der Waals surface area contributed by atoms with E-state index in [1.807, 2.05) is 6.07 Å². The van der Waals surface area contributed by atoms with Crippen LogP contribution >= 0.6 is 11.6 Å². The first-order chi connectivity index (χ1) is 11.5. The van der Waals surface area contributed by atoms with Gasteiger partial charge < -0.3 is 9.84 Å². The standard InChI is InChI=1S/C17H13ClN2O4/c1-2-24-16-8-11(7-15(18)17(16)21)6-13(10-19)12-4-3-5-14(9-12)20(22)23/h3-9,21H,2H2,1H3/b13-6-. The molecule has 7 heteroatoms. The number of nitro groups is 1. The molecule has 0 aliphatic rings. The van der Waals surface area contributed by atoms with Gasteiger partial charge in [0.05, 0.1) is 28.2 Å². The van der Waals surface area contributed by atoms with Crippen molar-refractivity contribution in [3.05, 3.63) is 62.7 Å². The Morgan fingerprint density at radius 1 is 1.46 bits per heavy atom. The molecule has 0 heterocycles. The summed E-state index contributed by atoms with van der Waals surface area (Å²) in [4.78, 5) is 10.3. The van der Waals surface area contributed by atoms with Crippen molar-refractivity contribution in [1.82, 2.24) is 0 Å². The second-order valence-electron chi connectivity index (χ2n) is 4.76. The van der Waals surface area contributed by atoms with E-state index in [4.69, 9.17) is 16.3 Å². The molecular weight excluding hydrogens is 332 g/mol. The smallest absolute Gasteiger partial charge is 0.270 e. The van der Waals surface area contributed by atoms with Crippen LogP contribution in [0.2, 0.25) is 5.02 Å². The lowest BCUT2D eigenvalue weighted by Gasteiger charge is -2.09. The fourth-order valence-electron chi connectivity index (χ4n) is 2.08. The van der Waals surface area contributed by atoms with E-state index >= 15 is 0 Å². The molecule has 122 valence electrons. The lowest BCUT2D eigenvalue weighted by atomic mass is 10.0. The van der Waals surface area contributed by atoms with Gasteiger partial charge in [0.15, 0.2) is 11.5 Å². The molecule has 0 aromatic heterocycles. The largest absolute Gasteiger partial charge is 0.503 e. The van der Waals surface area contributed by atoms with Crippen LogP contribution < -0.4 is 4.74 Å². The highest BCUT2D eigenvalue weighted by Crippen LogP contribution is 2.36. The summed E-state index contributed by atoms with van der Waals surface area (Å²) >= 11 is 5.96. The third kappa shape index (κ3) is 3.83. The van der Waals surface area contributed by atoms with Crippen molar-refractivity contribution in [2.75, 3.05) is 6.61 Å². The van der Waals surface area contributed by atoms with E-state index in [-0.39, 0.29) is 27.8 Å². The van der Waals surface area contributed by atoms with Crippen LogP contribution in [-0.4, -0.2) is 16.6 Å². The maximum Gasteiger partial charge on any atom is 0.270 e. The molecule has 0 atom stereocenters. The summed E-state index contributed by atoms with van der Waals surface area (Å²) in [5, 5.41) is 30.2. The minimum atomic E-state index is -0.525. The summed E-state index contributed by atoms with van der Waals surface area (Å²) in [5.74, 6) is 0.0251. The molecule has 2 rings (SSSR count). The number of non-ortho nitro benzene ring substituents is 1. The van der Waals surface area contributed by atoms with E-state index < -0.39 is 4.92 Å². The summed E-state index contributed by atoms with van der Waals surface area (Å²) < 4.78 is 5.29. The highest BCUT2D eigenvalue weighted by Gasteiger charge is 2.12. The molecule has 0 radical (unpaired) electrons. The number of rotatable bonds is 5. The normalized spacial score (nSPS) is 11.0. The fourth-order valence-corrected chi connectivity index (χ4v) is 2.30. The molecule has 2 aromatic carbocycles. The van der Waals surface area contributed by atoms with Crippen LogP contribution in [0.4, 0.5) is 5.69 Å². The van der Waals surface area contributed by atoms with Crippen LogP contribution in [0.5, 0.6) is 11.5 Å². The molecule has 0 saturated carbocycles. The number of phenolic OH excluding ortho intramolecular Hbond substituents is 1. The van der Waals surface area contributed by atoms with Gasteiger partial charge in [0, 0.05) is 12.1 Å². The summed E-state index contributed by atoms with van der Waals surface area (Å²) in [5.41, 5.74) is 1.06. The Labute approximate surface area is 143 Å². The lowest BCUT2D eigenvalue weighted by molar-refractivity contribution is -0.384. The van der Waals surface area contributed by atoms with Gasteiger partial charge >= 0.3 is 0 Å². The van der Waals surface area contributed by atoms with Gasteiger partial charge in [0.2, 0.25) is 0 Å². The lowest BCUT2D eigenvalue weighted by Crippen LogP contribution is -1.93. The Morgan fingerprint density at radius 3 is 2.83 bits per heavy atom. The quantitative estimate of drug-likeness (QED) is 0.375. The van der Waals surface area contributed by atoms with Crippen LogP contribution in [0.1, 0.15) is 18.1 Å². The van der Waals surface area contributed by atoms with Gasteiger partial charge in [0.1, 0.15) is 0 Å². The Hall–Kier alpha value is -3.04. The van der Waals surface area contributed by atoms with Crippen LogP contribution in [0.25, 0.3) is 11.6 Å². The second-order valence-corrected chi connectivity index (χ2v) is 5.17. The van der Waals surface area contributed by atoms with Crippen molar-refractivity contribution >= 4 is 28.9 Å². The number of ether oxygens (including phenoxy) is 1. The van der Waals surface area contributed by atoms with Gasteiger partial charge in [-0.25, -0.2) is 0 Å². The van der Waals surface area contributed by atoms with Crippen molar-refractivity contribution < 1.29 is 14.8 Å². The van der Waals surface area contributed by atoms with E-state index in [1.165, 1.54) is 30.3 Å². The Morgan fingerprint density at radius 2 is 2.21 bits per heavy atom. The van der Waals surface area contributed by atoms with Gasteiger partial charge in [-0.2, -0.15) is 5.26 Å². The van der Waals surface area contributed by atoms with Crippen molar-refractivity contribution in [3.63, 3.8) is 0 Å². The third-order valence-corrected chi connectivity index (χ3v) is 3.44. The predicted octanol–water partition coefficient (Wildman–Crippen LogP) is 4.42. The molecule has 0 amide bonds. The number of allylic oxidation sites excluding steroid dienone is 1. The van der Waals surface area contributed by atoms with Gasteiger partial charge in [-0.1, -0.05) is 23.7 Å². The van der Waals surface area contributed by atoms with Crippen LogP contribution in [-0.2, 0) is 0 Å². The van der Waals surface area contributed by atoms with E-state index in [1.54, 1.807) is 19.1 Å². The molecule has 0 bridgehead atoms. The highest BCUT2D eigenvalue weighted by atomic mass is 35.5. The van der Waals surface area contributed by atoms with E-state index in [0.717, 1.165) is 0 Å². The predicted molar refractivity (Wildman–Crippen MR) is 90.9 cm³/mol. The molecule has 0 aliphatic heterocycles. The summed E-state index contributed by atoms with van der Waals surface area (Å²) in [6.07, 6.45) is 1.52. The number of hydrogen-bond donors (Lipinski definition) is 1. The van der Waals surface area contributed by atoms with Crippen LogP contribution in [0.3, 0.4) is 0 Å². The molecule has 2 aromatic rings. The number of benzene rings is 2. The molecule has 6 nitrogen and oxygen atoms in total. The van der Waals surface area contributed by atoms with Gasteiger partial charge in [0.25, 0.3) is 5.69 Å². The summed E-state index contributed by atoms with van der Waals surface area (Å²) in [6, 6.07) is 10.8. The molecule has 0 aliphatic carbocycles. The summed E-state index contributed by atoms with van der Waals surface area (Å²) in [6.45, 7) is 2.10. The number of hydrogen-bond acceptors (Lipinski definition) is 5. The zero-order valence-corrected chi connectivity index (χ0v) is 13.4. The minimum Gasteiger partial charge on any atom is -0.503 e. The average molecular weight is 345 g/mol. The first-order valence-corrected chi connectivity index (χ1v) is 7.36.